The van der Waals surface area contributed by atoms with Gasteiger partial charge in [-0.25, -0.2) is 4.98 Å². The van der Waals surface area contributed by atoms with Crippen LogP contribution >= 0.6 is 22.6 Å². The van der Waals surface area contributed by atoms with E-state index >= 15 is 0 Å². The molecule has 26 heavy (non-hydrogen) atoms. The van der Waals surface area contributed by atoms with Crippen molar-refractivity contribution < 1.29 is 17.9 Å². The van der Waals surface area contributed by atoms with Gasteiger partial charge in [-0.3, -0.25) is 0 Å². The van der Waals surface area contributed by atoms with Crippen LogP contribution in [0, 0.1) is 3.57 Å². The average Bonchev–Trinajstić information content (AvgIpc) is 2.61. The van der Waals surface area contributed by atoms with Gasteiger partial charge in [-0.05, 0) is 52.9 Å². The predicted molar refractivity (Wildman–Crippen MR) is 101 cm³/mol. The second kappa shape index (κ2) is 7.48. The maximum Gasteiger partial charge on any atom is 0.423 e. The van der Waals surface area contributed by atoms with Crippen molar-refractivity contribution in [3.63, 3.8) is 0 Å². The van der Waals surface area contributed by atoms with Gasteiger partial charge in [0.25, 0.3) is 0 Å². The Hall–Kier alpha value is -2.36. The standard InChI is InChI=1S/C18H13F3IN3O/c1-25(13-7-5-6-12(22)10-13)17-23-11-15(18(19,20)21)16(24-17)26-14-8-3-2-4-9-14/h2-11H,1H3. The molecule has 1 aromatic heterocycles. The number of anilines is 2. The molecule has 0 aliphatic rings. The molecule has 8 heteroatoms. The number of rotatable bonds is 4. The summed E-state index contributed by atoms with van der Waals surface area (Å²) in [6.45, 7) is 0. The molecular weight excluding hydrogens is 458 g/mol. The van der Waals surface area contributed by atoms with Gasteiger partial charge in [0.2, 0.25) is 11.8 Å². The average molecular weight is 471 g/mol. The largest absolute Gasteiger partial charge is 0.438 e. The minimum atomic E-state index is -4.62. The van der Waals surface area contributed by atoms with Crippen LogP contribution in [0.25, 0.3) is 0 Å². The summed E-state index contributed by atoms with van der Waals surface area (Å²) in [6, 6.07) is 15.7. The Balaban J connectivity index is 2.01. The van der Waals surface area contributed by atoms with E-state index in [2.05, 4.69) is 32.6 Å². The molecule has 0 saturated carbocycles. The highest BCUT2D eigenvalue weighted by Gasteiger charge is 2.36. The Morgan fingerprint density at radius 3 is 2.42 bits per heavy atom. The molecule has 0 spiro atoms. The third-order valence-electron chi connectivity index (χ3n) is 3.50. The van der Waals surface area contributed by atoms with Gasteiger partial charge >= 0.3 is 6.18 Å². The van der Waals surface area contributed by atoms with Gasteiger partial charge < -0.3 is 9.64 Å². The fourth-order valence-corrected chi connectivity index (χ4v) is 2.72. The van der Waals surface area contributed by atoms with E-state index in [1.54, 1.807) is 42.3 Å². The van der Waals surface area contributed by atoms with Crippen molar-refractivity contribution in [2.75, 3.05) is 11.9 Å². The Morgan fingerprint density at radius 1 is 1.04 bits per heavy atom. The number of benzene rings is 2. The minimum Gasteiger partial charge on any atom is -0.438 e. The molecule has 0 aliphatic carbocycles. The molecule has 3 rings (SSSR count). The van der Waals surface area contributed by atoms with Crippen LogP contribution < -0.4 is 9.64 Å². The van der Waals surface area contributed by atoms with E-state index in [0.29, 0.717) is 0 Å². The van der Waals surface area contributed by atoms with Crippen molar-refractivity contribution in [1.29, 1.82) is 0 Å². The lowest BCUT2D eigenvalue weighted by Crippen LogP contribution is -2.16. The fourth-order valence-electron chi connectivity index (χ4n) is 2.19. The number of alkyl halides is 3. The van der Waals surface area contributed by atoms with Gasteiger partial charge in [0, 0.05) is 22.5 Å². The molecule has 0 radical (unpaired) electrons. The summed E-state index contributed by atoms with van der Waals surface area (Å²) in [5.74, 6) is -0.170. The van der Waals surface area contributed by atoms with Crippen molar-refractivity contribution in [2.45, 2.75) is 6.18 Å². The molecule has 0 saturated heterocycles. The van der Waals surface area contributed by atoms with E-state index in [9.17, 15) is 13.2 Å². The first kappa shape index (κ1) is 18.4. The highest BCUT2D eigenvalue weighted by atomic mass is 127. The Labute approximate surface area is 161 Å². The van der Waals surface area contributed by atoms with E-state index in [1.807, 2.05) is 24.3 Å². The third kappa shape index (κ3) is 4.24. The summed E-state index contributed by atoms with van der Waals surface area (Å²) in [5, 5.41) is 0. The van der Waals surface area contributed by atoms with Crippen molar-refractivity contribution in [1.82, 2.24) is 9.97 Å². The Kier molecular flexibility index (Phi) is 5.30. The first-order chi connectivity index (χ1) is 12.3. The molecule has 0 N–H and O–H groups in total. The second-order valence-corrected chi connectivity index (χ2v) is 6.59. The maximum absolute atomic E-state index is 13.3. The first-order valence-electron chi connectivity index (χ1n) is 7.51. The van der Waals surface area contributed by atoms with Crippen molar-refractivity contribution in [3.05, 3.63) is 69.9 Å². The van der Waals surface area contributed by atoms with Crippen LogP contribution in [0.4, 0.5) is 24.8 Å². The molecule has 0 aliphatic heterocycles. The summed E-state index contributed by atoms with van der Waals surface area (Å²) < 4.78 is 46.2. The number of halogens is 4. The summed E-state index contributed by atoms with van der Waals surface area (Å²) in [7, 11) is 1.68. The van der Waals surface area contributed by atoms with E-state index in [0.717, 1.165) is 15.5 Å². The van der Waals surface area contributed by atoms with Gasteiger partial charge in [0.05, 0.1) is 0 Å². The van der Waals surface area contributed by atoms with Crippen LogP contribution in [-0.4, -0.2) is 17.0 Å². The number of para-hydroxylation sites is 1. The molecule has 0 amide bonds. The number of nitrogens with zero attached hydrogens (tertiary/aromatic N) is 3. The smallest absolute Gasteiger partial charge is 0.423 e. The Bertz CT molecular complexity index is 904. The second-order valence-electron chi connectivity index (χ2n) is 5.34. The molecule has 0 fully saturated rings. The fraction of sp³-hybridized carbons (Fsp3) is 0.111. The van der Waals surface area contributed by atoms with Gasteiger partial charge in [0.1, 0.15) is 11.3 Å². The molecule has 2 aromatic carbocycles. The SMILES string of the molecule is CN(c1cccc(I)c1)c1ncc(C(F)(F)F)c(Oc2ccccc2)n1. The molecule has 3 aromatic rings. The molecular formula is C18H13F3IN3O. The van der Waals surface area contributed by atoms with E-state index in [-0.39, 0.29) is 11.7 Å². The summed E-state index contributed by atoms with van der Waals surface area (Å²) in [6.07, 6.45) is -3.88. The third-order valence-corrected chi connectivity index (χ3v) is 4.17. The summed E-state index contributed by atoms with van der Waals surface area (Å²) >= 11 is 2.15. The minimum absolute atomic E-state index is 0.103. The number of aromatic nitrogens is 2. The molecule has 1 heterocycles. The van der Waals surface area contributed by atoms with Gasteiger partial charge in [0.15, 0.2) is 0 Å². The van der Waals surface area contributed by atoms with Crippen LogP contribution in [0.5, 0.6) is 11.6 Å². The van der Waals surface area contributed by atoms with Gasteiger partial charge in [-0.15, -0.1) is 0 Å². The Morgan fingerprint density at radius 2 is 1.77 bits per heavy atom. The quantitative estimate of drug-likeness (QED) is 0.461. The zero-order valence-corrected chi connectivity index (χ0v) is 15.7. The van der Waals surface area contributed by atoms with Crippen molar-refractivity contribution >= 4 is 34.2 Å². The monoisotopic (exact) mass is 471 g/mol. The predicted octanol–water partition coefficient (Wildman–Crippen LogP) is 5.66. The molecule has 0 unspecified atom stereocenters. The lowest BCUT2D eigenvalue weighted by atomic mass is 10.3. The van der Waals surface area contributed by atoms with Crippen LogP contribution in [0.2, 0.25) is 0 Å². The number of ether oxygens (including phenoxy) is 1. The van der Waals surface area contributed by atoms with E-state index in [4.69, 9.17) is 4.74 Å². The van der Waals surface area contributed by atoms with Crippen molar-refractivity contribution in [3.8, 4) is 11.6 Å². The van der Waals surface area contributed by atoms with Crippen LogP contribution in [0.15, 0.2) is 60.8 Å². The number of hydrogen-bond acceptors (Lipinski definition) is 4. The molecule has 4 nitrogen and oxygen atoms in total. The highest BCUT2D eigenvalue weighted by Crippen LogP contribution is 2.37. The van der Waals surface area contributed by atoms with Crippen LogP contribution in [0.1, 0.15) is 5.56 Å². The highest BCUT2D eigenvalue weighted by molar-refractivity contribution is 14.1. The van der Waals surface area contributed by atoms with Crippen LogP contribution in [-0.2, 0) is 6.18 Å². The van der Waals surface area contributed by atoms with Crippen LogP contribution in [0.3, 0.4) is 0 Å². The lowest BCUT2D eigenvalue weighted by Gasteiger charge is -2.19. The van der Waals surface area contributed by atoms with Crippen molar-refractivity contribution in [2.24, 2.45) is 0 Å². The first-order valence-corrected chi connectivity index (χ1v) is 8.59. The van der Waals surface area contributed by atoms with E-state index < -0.39 is 17.6 Å². The topological polar surface area (TPSA) is 38.2 Å². The summed E-state index contributed by atoms with van der Waals surface area (Å²) in [5.41, 5.74) is -0.275. The molecule has 0 atom stereocenters. The van der Waals surface area contributed by atoms with Gasteiger partial charge in [-0.2, -0.15) is 18.2 Å². The van der Waals surface area contributed by atoms with E-state index in [1.165, 1.54) is 0 Å². The lowest BCUT2D eigenvalue weighted by molar-refractivity contribution is -0.139. The normalized spacial score (nSPS) is 11.3. The maximum atomic E-state index is 13.3. The summed E-state index contributed by atoms with van der Waals surface area (Å²) in [4.78, 5) is 9.47. The molecule has 134 valence electrons. The zero-order valence-electron chi connectivity index (χ0n) is 13.5. The number of hydrogen-bond donors (Lipinski definition) is 0. The zero-order chi connectivity index (χ0) is 18.7. The molecule has 0 bridgehead atoms. The van der Waals surface area contributed by atoms with Gasteiger partial charge in [-0.1, -0.05) is 24.3 Å².